The number of pyridine rings is 1. The largest absolute Gasteiger partial charge is 0.524 e. The lowest BCUT2D eigenvalue weighted by Gasteiger charge is -2.31. The Morgan fingerprint density at radius 2 is 1.52 bits per heavy atom. The van der Waals surface area contributed by atoms with Gasteiger partial charge in [-0.2, -0.15) is 49.6 Å². The van der Waals surface area contributed by atoms with Crippen LogP contribution in [-0.4, -0.2) is 96.2 Å². The van der Waals surface area contributed by atoms with Gasteiger partial charge in [-0.3, -0.25) is 38.3 Å². The lowest BCUT2D eigenvalue weighted by Crippen LogP contribution is -2.40. The summed E-state index contributed by atoms with van der Waals surface area (Å²) in [5.41, 5.74) is -8.53. The highest BCUT2D eigenvalue weighted by Gasteiger charge is 2.68. The number of phosphoric acid groups is 1. The number of sulfonamides is 1. The molecule has 87 heavy (non-hydrogen) atoms. The molecule has 474 valence electrons. The monoisotopic (exact) mass is 1340 g/mol. The molecular weight excluding hydrogens is 1280 g/mol. The predicted octanol–water partition coefficient (Wildman–Crippen LogP) is 9.99. The number of nitrogens with one attached hydrogen (secondary N) is 1. The molecule has 20 nitrogen and oxygen atoms in total. The molecule has 3 heterocycles. The van der Waals surface area contributed by atoms with Gasteiger partial charge >= 0.3 is 27.8 Å². The fourth-order valence-electron chi connectivity index (χ4n) is 11.0. The summed E-state index contributed by atoms with van der Waals surface area (Å²) >= 11 is 6.79. The third kappa shape index (κ3) is 14.5. The summed E-state index contributed by atoms with van der Waals surface area (Å²) in [6.45, 7) is 3.03. The highest BCUT2D eigenvalue weighted by molar-refractivity contribution is 7.93. The maximum absolute atomic E-state index is 15.8. The molecule has 3 aromatic carbocycles. The minimum atomic E-state index is -5.51. The first kappa shape index (κ1) is 67.0. The SMILES string of the molecule is Cc1cc(CP(=O)(O)O)c(C(C)(C)CC(=O)N(c2nn(CC(F)(F)F)c3c(-c4ccc(CCC(C)(C)S(C)(=O)=O)nc4[C@H](Cc4cc(F)cc(F)c4)NC(=O)Cn4nc(C(F)(F)F)c5c4C(F)(F)C4CC54)ccc(Cl)c23)S(C)(=O)=O)c(OP(=O)(O)O)c1. The standard InChI is InChI=1S/C52H54ClF10N7O13P2S2/c1-25-14-27(23-84(73,74)75)42(37(15-25)83-85(76,77)78)48(2,3)21-39(72)70(87(7,81)82)47-41-35(53)11-10-32(44(41)69(67-47)24-50(56,57)58)31-9-8-30(12-13-49(4,5)86(6,79)80)64-43(31)36(18-26-16-28(54)19-29(55)17-26)65-38(71)22-68-46-40(45(66-68)52(61,62)63)33-20-34(33)51(46,59)60/h8-11,14-17,19,33-34,36H,12-13,18,20-24H2,1-7H3,(H,65,71)(H2,73,74,75)(H2,76,77,78)/t33?,34?,36-/m0/s1. The molecule has 0 bridgehead atoms. The van der Waals surface area contributed by atoms with Crippen LogP contribution in [0.15, 0.2) is 54.6 Å². The Hall–Kier alpha value is -5.98. The molecule has 0 aliphatic heterocycles. The van der Waals surface area contributed by atoms with Crippen molar-refractivity contribution in [3.8, 4) is 16.9 Å². The zero-order valence-electron chi connectivity index (χ0n) is 46.6. The first-order chi connectivity index (χ1) is 39.6. The van der Waals surface area contributed by atoms with Gasteiger partial charge < -0.3 is 19.6 Å². The zero-order valence-corrected chi connectivity index (χ0v) is 50.8. The average Bonchev–Trinajstić information content (AvgIpc) is 1.52. The van der Waals surface area contributed by atoms with Gasteiger partial charge in [0.1, 0.15) is 36.2 Å². The summed E-state index contributed by atoms with van der Waals surface area (Å²) in [4.78, 5) is 73.8. The molecule has 0 saturated heterocycles. The van der Waals surface area contributed by atoms with Crippen LogP contribution in [0.5, 0.6) is 5.75 Å². The van der Waals surface area contributed by atoms with Crippen LogP contribution in [0.2, 0.25) is 5.02 Å². The maximum atomic E-state index is 15.8. The van der Waals surface area contributed by atoms with Crippen LogP contribution in [-0.2, 0) is 88.2 Å². The number of halogens is 11. The molecule has 6 aromatic rings. The van der Waals surface area contributed by atoms with E-state index in [1.807, 2.05) is 0 Å². The number of carbonyl (C=O) groups is 2. The molecule has 1 saturated carbocycles. The Labute approximate surface area is 494 Å². The number of fused-ring (bicyclic) bond motifs is 4. The van der Waals surface area contributed by atoms with Gasteiger partial charge in [0.25, 0.3) is 5.92 Å². The minimum Gasteiger partial charge on any atom is -0.404 e. The summed E-state index contributed by atoms with van der Waals surface area (Å²) in [5.74, 6) is -13.7. The fourth-order valence-corrected chi connectivity index (χ4v) is 13.6. The molecule has 0 radical (unpaired) electrons. The average molecular weight is 1340 g/mol. The van der Waals surface area contributed by atoms with E-state index in [2.05, 4.69) is 15.5 Å². The van der Waals surface area contributed by atoms with Crippen molar-refractivity contribution in [3.05, 3.63) is 122 Å². The second-order valence-electron chi connectivity index (χ2n) is 22.8. The van der Waals surface area contributed by atoms with E-state index >= 15 is 17.6 Å². The van der Waals surface area contributed by atoms with Gasteiger partial charge in [0.15, 0.2) is 21.3 Å². The third-order valence-corrected chi connectivity index (χ3v) is 19.6. The quantitative estimate of drug-likeness (QED) is 0.0331. The molecule has 35 heteroatoms. The van der Waals surface area contributed by atoms with E-state index in [4.69, 9.17) is 21.1 Å². The van der Waals surface area contributed by atoms with Crippen molar-refractivity contribution in [1.29, 1.82) is 0 Å². The summed E-state index contributed by atoms with van der Waals surface area (Å²) in [5, 5.41) is 8.53. The lowest BCUT2D eigenvalue weighted by molar-refractivity contribution is -0.143. The van der Waals surface area contributed by atoms with Gasteiger partial charge in [0, 0.05) is 58.0 Å². The Morgan fingerprint density at radius 1 is 0.897 bits per heavy atom. The van der Waals surface area contributed by atoms with E-state index < -0.39 is 198 Å². The lowest BCUT2D eigenvalue weighted by atomic mass is 9.78. The highest BCUT2D eigenvalue weighted by atomic mass is 35.5. The van der Waals surface area contributed by atoms with E-state index in [1.165, 1.54) is 52.8 Å². The smallest absolute Gasteiger partial charge is 0.404 e. The van der Waals surface area contributed by atoms with E-state index in [-0.39, 0.29) is 60.9 Å². The number of nitrogens with zero attached hydrogens (tertiary/aromatic N) is 6. The number of alkyl halides is 8. The van der Waals surface area contributed by atoms with Crippen molar-refractivity contribution in [2.75, 3.05) is 16.8 Å². The van der Waals surface area contributed by atoms with Crippen LogP contribution in [0.4, 0.5) is 49.7 Å². The normalized spacial score (nSPS) is 16.9. The summed E-state index contributed by atoms with van der Waals surface area (Å²) in [7, 11) is -19.5. The third-order valence-electron chi connectivity index (χ3n) is 14.9. The molecule has 0 spiro atoms. The topological polar surface area (TPSA) is 291 Å². The Bertz CT molecular complexity index is 4070. The van der Waals surface area contributed by atoms with Gasteiger partial charge in [-0.15, -0.1) is 0 Å². The number of aryl methyl sites for hydroxylation is 2. The Kier molecular flexibility index (Phi) is 17.6. The predicted molar refractivity (Wildman–Crippen MR) is 294 cm³/mol. The molecule has 1 fully saturated rings. The molecule has 8 rings (SSSR count). The van der Waals surface area contributed by atoms with Crippen molar-refractivity contribution in [2.45, 2.75) is 126 Å². The minimum absolute atomic E-state index is 0.0215. The number of aromatic nitrogens is 5. The van der Waals surface area contributed by atoms with Crippen LogP contribution in [0.1, 0.15) is 110 Å². The van der Waals surface area contributed by atoms with Crippen molar-refractivity contribution in [2.24, 2.45) is 5.92 Å². The van der Waals surface area contributed by atoms with Crippen molar-refractivity contribution in [1.82, 2.24) is 29.9 Å². The first-order valence-corrected chi connectivity index (χ1v) is 33.2. The molecule has 5 N–H and O–H groups in total. The number of carbonyl (C=O) groups excluding carboxylic acids is 2. The second kappa shape index (κ2) is 22.8. The fraction of sp³-hybridized carbons (Fsp3) is 0.442. The number of anilines is 1. The number of benzene rings is 3. The molecule has 2 aliphatic rings. The van der Waals surface area contributed by atoms with E-state index in [1.54, 1.807) is 0 Å². The molecule has 3 aromatic heterocycles. The molecule has 2 aliphatic carbocycles. The van der Waals surface area contributed by atoms with Gasteiger partial charge in [0.05, 0.1) is 44.8 Å². The van der Waals surface area contributed by atoms with Crippen LogP contribution in [0.3, 0.4) is 0 Å². The van der Waals surface area contributed by atoms with Gasteiger partial charge in [-0.25, -0.2) is 30.2 Å². The van der Waals surface area contributed by atoms with Gasteiger partial charge in [0.2, 0.25) is 21.8 Å². The number of phosphoric ester groups is 1. The van der Waals surface area contributed by atoms with Gasteiger partial charge in [-0.05, 0) is 99.4 Å². The van der Waals surface area contributed by atoms with Gasteiger partial charge in [-0.1, -0.05) is 43.6 Å². The second-order valence-corrected chi connectivity index (χ2v) is 30.5. The highest BCUT2D eigenvalue weighted by Crippen LogP contribution is 2.68. The number of rotatable bonds is 21. The van der Waals surface area contributed by atoms with Crippen molar-refractivity contribution < 1.29 is 104 Å². The van der Waals surface area contributed by atoms with E-state index in [0.29, 0.717) is 12.3 Å². The Morgan fingerprint density at radius 3 is 2.08 bits per heavy atom. The van der Waals surface area contributed by atoms with Crippen molar-refractivity contribution in [3.63, 3.8) is 0 Å². The number of hydrogen-bond donors (Lipinski definition) is 5. The number of amides is 2. The van der Waals surface area contributed by atoms with E-state index in [9.17, 15) is 81.5 Å². The van der Waals surface area contributed by atoms with Crippen LogP contribution >= 0.6 is 27.0 Å². The molecule has 2 amide bonds. The number of hydrogen-bond acceptors (Lipinski definition) is 12. The number of sulfone groups is 1. The first-order valence-electron chi connectivity index (χ1n) is 25.8. The summed E-state index contributed by atoms with van der Waals surface area (Å²) in [6.07, 6.45) is -12.9. The molecule has 3 atom stereocenters. The summed E-state index contributed by atoms with van der Waals surface area (Å²) < 4.78 is 232. The maximum Gasteiger partial charge on any atom is 0.524 e. The van der Waals surface area contributed by atoms with Crippen molar-refractivity contribution >= 4 is 75.4 Å². The van der Waals surface area contributed by atoms with E-state index in [0.717, 1.165) is 36.6 Å². The molecule has 2 unspecified atom stereocenters. The molecular formula is C52H54ClF10N7O13P2S2. The zero-order chi connectivity index (χ0) is 65.1. The van der Waals surface area contributed by atoms with Crippen LogP contribution < -0.4 is 14.1 Å². The van der Waals surface area contributed by atoms with Crippen LogP contribution in [0, 0.1) is 24.5 Å². The van der Waals surface area contributed by atoms with Crippen LogP contribution in [0.25, 0.3) is 22.0 Å². The summed E-state index contributed by atoms with van der Waals surface area (Å²) in [6, 6.07) is 6.94. The Balaban J connectivity index is 1.34.